The van der Waals surface area contributed by atoms with Crippen LogP contribution in [0.4, 0.5) is 0 Å². The van der Waals surface area contributed by atoms with E-state index in [4.69, 9.17) is 21.7 Å². The zero-order valence-corrected chi connectivity index (χ0v) is 15.7. The number of unbranched alkanes of at least 4 members (excludes halogenated alkanes) is 3. The first kappa shape index (κ1) is 21.3. The minimum atomic E-state index is -0.679. The van der Waals surface area contributed by atoms with Crippen molar-refractivity contribution in [1.82, 2.24) is 10.6 Å². The molecule has 0 spiro atoms. The van der Waals surface area contributed by atoms with Crippen molar-refractivity contribution in [3.05, 3.63) is 29.8 Å². The van der Waals surface area contributed by atoms with Crippen LogP contribution >= 0.6 is 12.2 Å². The predicted molar refractivity (Wildman–Crippen MR) is 102 cm³/mol. The molecule has 0 radical (unpaired) electrons. The number of amides is 1. The molecular formula is C18H28N2O4S. The van der Waals surface area contributed by atoms with Crippen LogP contribution in [0.1, 0.15) is 43.0 Å². The first-order valence-corrected chi connectivity index (χ1v) is 8.96. The Hall–Kier alpha value is -1.70. The Morgan fingerprint density at radius 1 is 1.24 bits per heavy atom. The molecule has 0 aliphatic heterocycles. The van der Waals surface area contributed by atoms with Crippen LogP contribution < -0.4 is 15.4 Å². The fourth-order valence-electron chi connectivity index (χ4n) is 2.08. The number of hydrogen-bond acceptors (Lipinski definition) is 5. The molecule has 0 unspecified atom stereocenters. The number of aliphatic hydroxyl groups excluding tert-OH is 1. The lowest BCUT2D eigenvalue weighted by atomic mass is 10.2. The van der Waals surface area contributed by atoms with Crippen molar-refractivity contribution in [2.24, 2.45) is 0 Å². The largest absolute Gasteiger partial charge is 0.497 e. The lowest BCUT2D eigenvalue weighted by molar-refractivity contribution is 0.0375. The normalized spacial score (nSPS) is 11.6. The van der Waals surface area contributed by atoms with Crippen LogP contribution in [0.25, 0.3) is 0 Å². The maximum atomic E-state index is 12.0. The zero-order valence-electron chi connectivity index (χ0n) is 14.9. The predicted octanol–water partition coefficient (Wildman–Crippen LogP) is 2.26. The summed E-state index contributed by atoms with van der Waals surface area (Å²) in [4.78, 5) is 12.0. The number of aliphatic hydroxyl groups is 1. The van der Waals surface area contributed by atoms with Crippen LogP contribution in [0.3, 0.4) is 0 Å². The van der Waals surface area contributed by atoms with E-state index in [-0.39, 0.29) is 24.2 Å². The summed E-state index contributed by atoms with van der Waals surface area (Å²) in [6, 6.07) is 6.70. The van der Waals surface area contributed by atoms with E-state index in [2.05, 4.69) is 17.6 Å². The van der Waals surface area contributed by atoms with Gasteiger partial charge in [0, 0.05) is 18.7 Å². The molecule has 140 valence electrons. The van der Waals surface area contributed by atoms with Crippen molar-refractivity contribution in [3.63, 3.8) is 0 Å². The highest BCUT2D eigenvalue weighted by Gasteiger charge is 2.10. The van der Waals surface area contributed by atoms with Crippen LogP contribution in [0.2, 0.25) is 0 Å². The van der Waals surface area contributed by atoms with Crippen LogP contribution in [0.15, 0.2) is 24.3 Å². The van der Waals surface area contributed by atoms with Crippen molar-refractivity contribution in [2.75, 3.05) is 26.9 Å². The average Bonchev–Trinajstić information content (AvgIpc) is 2.63. The number of ether oxygens (including phenoxy) is 2. The topological polar surface area (TPSA) is 79.8 Å². The number of thiocarbonyl (C=S) groups is 1. The molecule has 1 amide bonds. The molecule has 0 heterocycles. The van der Waals surface area contributed by atoms with Crippen molar-refractivity contribution in [3.8, 4) is 5.75 Å². The second-order valence-electron chi connectivity index (χ2n) is 5.68. The Balaban J connectivity index is 2.19. The van der Waals surface area contributed by atoms with E-state index < -0.39 is 6.10 Å². The molecule has 3 N–H and O–H groups in total. The van der Waals surface area contributed by atoms with Crippen LogP contribution in [-0.4, -0.2) is 49.1 Å². The molecule has 6 nitrogen and oxygen atoms in total. The number of carbonyl (C=O) groups excluding carboxylic acids is 1. The second kappa shape index (κ2) is 12.6. The minimum absolute atomic E-state index is 0.169. The number of hydrogen-bond donors (Lipinski definition) is 3. The van der Waals surface area contributed by atoms with E-state index in [1.54, 1.807) is 31.4 Å². The molecular weight excluding hydrogens is 340 g/mol. The van der Waals surface area contributed by atoms with E-state index in [0.29, 0.717) is 17.9 Å². The molecule has 0 aromatic heterocycles. The fourth-order valence-corrected chi connectivity index (χ4v) is 2.26. The maximum absolute atomic E-state index is 12.0. The summed E-state index contributed by atoms with van der Waals surface area (Å²) in [6.45, 7) is 3.27. The molecule has 1 atom stereocenters. The first-order valence-electron chi connectivity index (χ1n) is 8.55. The van der Waals surface area contributed by atoms with E-state index in [9.17, 15) is 9.90 Å². The average molecular weight is 368 g/mol. The van der Waals surface area contributed by atoms with Crippen molar-refractivity contribution in [1.29, 1.82) is 0 Å². The molecule has 0 bridgehead atoms. The third-order valence-corrected chi connectivity index (χ3v) is 3.78. The van der Waals surface area contributed by atoms with Gasteiger partial charge in [-0.15, -0.1) is 0 Å². The molecule has 1 rings (SSSR count). The first-order chi connectivity index (χ1) is 12.1. The summed E-state index contributed by atoms with van der Waals surface area (Å²) in [5.41, 5.74) is 0.473. The minimum Gasteiger partial charge on any atom is -0.497 e. The number of benzene rings is 1. The zero-order chi connectivity index (χ0) is 18.5. The number of methoxy groups -OCH3 is 1. The quantitative estimate of drug-likeness (QED) is 0.411. The molecule has 0 fully saturated rings. The van der Waals surface area contributed by atoms with Crippen LogP contribution in [-0.2, 0) is 4.74 Å². The fraction of sp³-hybridized carbons (Fsp3) is 0.556. The van der Waals surface area contributed by atoms with Crippen molar-refractivity contribution >= 4 is 23.2 Å². The molecule has 0 aliphatic rings. The van der Waals surface area contributed by atoms with Gasteiger partial charge >= 0.3 is 0 Å². The summed E-state index contributed by atoms with van der Waals surface area (Å²) in [7, 11) is 1.56. The Morgan fingerprint density at radius 3 is 2.60 bits per heavy atom. The summed E-state index contributed by atoms with van der Waals surface area (Å²) in [5, 5.41) is 15.4. The van der Waals surface area contributed by atoms with Gasteiger partial charge in [-0.1, -0.05) is 26.2 Å². The van der Waals surface area contributed by atoms with Crippen LogP contribution in [0, 0.1) is 0 Å². The van der Waals surface area contributed by atoms with Gasteiger partial charge in [0.2, 0.25) is 0 Å². The summed E-state index contributed by atoms with van der Waals surface area (Å²) >= 11 is 5.06. The highest BCUT2D eigenvalue weighted by atomic mass is 32.1. The van der Waals surface area contributed by atoms with E-state index in [1.807, 2.05) is 0 Å². The lowest BCUT2D eigenvalue weighted by Crippen LogP contribution is -2.43. The molecule has 0 saturated carbocycles. The Kier molecular flexibility index (Phi) is 10.8. The van der Waals surface area contributed by atoms with Gasteiger partial charge in [0.25, 0.3) is 5.91 Å². The lowest BCUT2D eigenvalue weighted by Gasteiger charge is -2.14. The van der Waals surface area contributed by atoms with Gasteiger partial charge in [-0.05, 0) is 42.9 Å². The molecule has 1 aromatic carbocycles. The van der Waals surface area contributed by atoms with E-state index >= 15 is 0 Å². The van der Waals surface area contributed by atoms with Gasteiger partial charge in [0.15, 0.2) is 5.11 Å². The third-order valence-electron chi connectivity index (χ3n) is 3.53. The van der Waals surface area contributed by atoms with Gasteiger partial charge < -0.3 is 19.9 Å². The van der Waals surface area contributed by atoms with Gasteiger partial charge in [-0.2, -0.15) is 0 Å². The second-order valence-corrected chi connectivity index (χ2v) is 6.09. The number of nitrogens with one attached hydrogen (secondary N) is 2. The molecule has 0 saturated heterocycles. The molecule has 7 heteroatoms. The summed E-state index contributed by atoms with van der Waals surface area (Å²) < 4.78 is 10.5. The standard InChI is InChI=1S/C18H28N2O4S/c1-3-4-5-6-11-24-13-15(21)12-19-18(25)20-17(22)14-7-9-16(23-2)10-8-14/h7-10,15,21H,3-6,11-13H2,1-2H3,(H2,19,20,22,25)/t15-/m1/s1. The Labute approximate surface area is 154 Å². The maximum Gasteiger partial charge on any atom is 0.257 e. The van der Waals surface area contributed by atoms with Gasteiger partial charge in [-0.3, -0.25) is 10.1 Å². The van der Waals surface area contributed by atoms with Gasteiger partial charge in [-0.25, -0.2) is 0 Å². The summed E-state index contributed by atoms with van der Waals surface area (Å²) in [5.74, 6) is 0.358. The van der Waals surface area contributed by atoms with Gasteiger partial charge in [0.05, 0.1) is 19.8 Å². The van der Waals surface area contributed by atoms with E-state index in [1.165, 1.54) is 12.8 Å². The monoisotopic (exact) mass is 368 g/mol. The van der Waals surface area contributed by atoms with Crippen molar-refractivity contribution < 1.29 is 19.4 Å². The van der Waals surface area contributed by atoms with Crippen molar-refractivity contribution in [2.45, 2.75) is 38.7 Å². The SMILES string of the molecule is CCCCCCOC[C@H](O)CNC(=S)NC(=O)c1ccc(OC)cc1. The molecule has 1 aromatic rings. The number of carbonyl (C=O) groups is 1. The summed E-state index contributed by atoms with van der Waals surface area (Å²) in [6.07, 6.45) is 3.86. The molecule has 0 aliphatic carbocycles. The van der Waals surface area contributed by atoms with E-state index in [0.717, 1.165) is 12.8 Å². The van der Waals surface area contributed by atoms with Crippen LogP contribution in [0.5, 0.6) is 5.75 Å². The molecule has 25 heavy (non-hydrogen) atoms. The van der Waals surface area contributed by atoms with Gasteiger partial charge in [0.1, 0.15) is 5.75 Å². The highest BCUT2D eigenvalue weighted by molar-refractivity contribution is 7.80. The highest BCUT2D eigenvalue weighted by Crippen LogP contribution is 2.10. The Bertz CT molecular complexity index is 522. The number of rotatable bonds is 11. The smallest absolute Gasteiger partial charge is 0.257 e. The third kappa shape index (κ3) is 9.38. The Morgan fingerprint density at radius 2 is 1.96 bits per heavy atom.